The zero-order valence-corrected chi connectivity index (χ0v) is 12.9. The molecule has 0 radical (unpaired) electrons. The summed E-state index contributed by atoms with van der Waals surface area (Å²) < 4.78 is 14.2. The molecule has 1 fully saturated rings. The molecule has 2 rings (SSSR count). The highest BCUT2D eigenvalue weighted by Gasteiger charge is 2.28. The monoisotopic (exact) mass is 328 g/mol. The van der Waals surface area contributed by atoms with Crippen molar-refractivity contribution in [2.45, 2.75) is 45.1 Å². The van der Waals surface area contributed by atoms with Gasteiger partial charge in [0.25, 0.3) is 0 Å². The van der Waals surface area contributed by atoms with Crippen molar-refractivity contribution in [1.29, 1.82) is 0 Å². The average Bonchev–Trinajstić information content (AvgIpc) is 2.44. The van der Waals surface area contributed by atoms with Gasteiger partial charge >= 0.3 is 0 Å². The number of halogens is 2. The fourth-order valence-electron chi connectivity index (χ4n) is 3.22. The molecule has 1 saturated carbocycles. The predicted molar refractivity (Wildman–Crippen MR) is 79.9 cm³/mol. The Kier molecular flexibility index (Phi) is 5.37. The van der Waals surface area contributed by atoms with Crippen molar-refractivity contribution in [2.75, 3.05) is 0 Å². The summed E-state index contributed by atoms with van der Waals surface area (Å²) in [5, 5.41) is 0. The molecule has 0 amide bonds. The molecule has 3 unspecified atom stereocenters. The van der Waals surface area contributed by atoms with Gasteiger partial charge in [0.15, 0.2) is 0 Å². The van der Waals surface area contributed by atoms with Crippen molar-refractivity contribution in [3.63, 3.8) is 0 Å². The van der Waals surface area contributed by atoms with Crippen LogP contribution in [0, 0.1) is 17.7 Å². The van der Waals surface area contributed by atoms with Crippen LogP contribution in [0.2, 0.25) is 0 Å². The molecule has 1 aromatic carbocycles. The molecule has 3 N–H and O–H groups in total. The van der Waals surface area contributed by atoms with Crippen LogP contribution in [0.5, 0.6) is 0 Å². The quantitative estimate of drug-likeness (QED) is 0.638. The third-order valence-electron chi connectivity index (χ3n) is 4.35. The van der Waals surface area contributed by atoms with E-state index >= 15 is 0 Å². The largest absolute Gasteiger partial charge is 0.271 e. The third-order valence-corrected chi connectivity index (χ3v) is 5.00. The maximum atomic E-state index is 13.7. The summed E-state index contributed by atoms with van der Waals surface area (Å²) in [4.78, 5) is 0. The molecule has 1 aliphatic rings. The summed E-state index contributed by atoms with van der Waals surface area (Å²) in [6, 6.07) is 5.35. The minimum Gasteiger partial charge on any atom is -0.271 e. The average molecular weight is 329 g/mol. The minimum atomic E-state index is -0.222. The molecule has 0 bridgehead atoms. The van der Waals surface area contributed by atoms with Gasteiger partial charge in [-0.2, -0.15) is 0 Å². The first-order valence-electron chi connectivity index (χ1n) is 7.06. The normalized spacial score (nSPS) is 25.3. The van der Waals surface area contributed by atoms with Gasteiger partial charge in [-0.1, -0.05) is 32.3 Å². The Morgan fingerprint density at radius 2 is 2.26 bits per heavy atom. The summed E-state index contributed by atoms with van der Waals surface area (Å²) in [6.07, 6.45) is 6.15. The van der Waals surface area contributed by atoms with Crippen LogP contribution in [0.4, 0.5) is 4.39 Å². The molecule has 2 nitrogen and oxygen atoms in total. The Hall–Kier alpha value is -0.450. The van der Waals surface area contributed by atoms with E-state index in [-0.39, 0.29) is 11.9 Å². The topological polar surface area (TPSA) is 38.0 Å². The fourth-order valence-corrected chi connectivity index (χ4v) is 3.46. The van der Waals surface area contributed by atoms with Crippen molar-refractivity contribution in [3.8, 4) is 0 Å². The van der Waals surface area contributed by atoms with Gasteiger partial charge in [-0.15, -0.1) is 0 Å². The lowest BCUT2D eigenvalue weighted by atomic mass is 9.75. The van der Waals surface area contributed by atoms with Crippen LogP contribution in [-0.4, -0.2) is 0 Å². The number of rotatable bonds is 4. The maximum Gasteiger partial charge on any atom is 0.137 e. The van der Waals surface area contributed by atoms with Crippen molar-refractivity contribution in [2.24, 2.45) is 17.7 Å². The van der Waals surface area contributed by atoms with E-state index in [2.05, 4.69) is 28.3 Å². The molecule has 4 heteroatoms. The van der Waals surface area contributed by atoms with Gasteiger partial charge in [0.1, 0.15) is 5.82 Å². The summed E-state index contributed by atoms with van der Waals surface area (Å²) in [7, 11) is 0. The van der Waals surface area contributed by atoms with Gasteiger partial charge in [-0.25, -0.2) is 4.39 Å². The molecule has 0 aromatic heterocycles. The van der Waals surface area contributed by atoms with Crippen molar-refractivity contribution in [3.05, 3.63) is 34.1 Å². The number of hydrogen-bond donors (Lipinski definition) is 2. The van der Waals surface area contributed by atoms with Gasteiger partial charge in [0.2, 0.25) is 0 Å². The Balaban J connectivity index is 2.16. The summed E-state index contributed by atoms with van der Waals surface area (Å²) in [6.45, 7) is 2.25. The van der Waals surface area contributed by atoms with E-state index in [1.165, 1.54) is 32.1 Å². The molecular weight excluding hydrogens is 307 g/mol. The van der Waals surface area contributed by atoms with Gasteiger partial charge in [-0.3, -0.25) is 11.3 Å². The van der Waals surface area contributed by atoms with E-state index in [0.717, 1.165) is 11.5 Å². The smallest absolute Gasteiger partial charge is 0.137 e. The van der Waals surface area contributed by atoms with Crippen molar-refractivity contribution >= 4 is 15.9 Å². The Morgan fingerprint density at radius 3 is 2.89 bits per heavy atom. The second-order valence-electron chi connectivity index (χ2n) is 5.52. The van der Waals surface area contributed by atoms with Crippen LogP contribution in [0.1, 0.15) is 50.6 Å². The molecule has 106 valence electrons. The highest BCUT2D eigenvalue weighted by Crippen LogP contribution is 2.38. The highest BCUT2D eigenvalue weighted by atomic mass is 79.9. The molecule has 0 heterocycles. The highest BCUT2D eigenvalue weighted by molar-refractivity contribution is 9.10. The standard InChI is InChI=1S/C15H22BrFN2/c1-2-10-4-3-5-11(8-10)15(19-18)12-6-7-13(16)14(17)9-12/h6-7,9-11,15,19H,2-5,8,18H2,1H3. The van der Waals surface area contributed by atoms with E-state index in [0.29, 0.717) is 10.4 Å². The van der Waals surface area contributed by atoms with Crippen LogP contribution < -0.4 is 11.3 Å². The van der Waals surface area contributed by atoms with Gasteiger partial charge in [0, 0.05) is 6.04 Å². The first kappa shape index (κ1) is 14.9. The number of hydrazine groups is 1. The Bertz CT molecular complexity index is 425. The second kappa shape index (κ2) is 6.82. The lowest BCUT2D eigenvalue weighted by molar-refractivity contribution is 0.210. The predicted octanol–water partition coefficient (Wildman–Crippen LogP) is 4.31. The van der Waals surface area contributed by atoms with E-state index in [4.69, 9.17) is 5.84 Å². The molecule has 0 spiro atoms. The molecule has 19 heavy (non-hydrogen) atoms. The molecular formula is C15H22BrFN2. The van der Waals surface area contributed by atoms with Crippen LogP contribution in [-0.2, 0) is 0 Å². The molecule has 0 saturated heterocycles. The van der Waals surface area contributed by atoms with E-state index < -0.39 is 0 Å². The van der Waals surface area contributed by atoms with Gasteiger partial charge in [0.05, 0.1) is 4.47 Å². The molecule has 1 aliphatic carbocycles. The number of benzene rings is 1. The first-order valence-corrected chi connectivity index (χ1v) is 7.86. The zero-order valence-electron chi connectivity index (χ0n) is 11.3. The van der Waals surface area contributed by atoms with Crippen LogP contribution >= 0.6 is 15.9 Å². The van der Waals surface area contributed by atoms with Crippen LogP contribution in [0.25, 0.3) is 0 Å². The molecule has 1 aromatic rings. The van der Waals surface area contributed by atoms with Gasteiger partial charge in [-0.05, 0) is 58.3 Å². The fraction of sp³-hybridized carbons (Fsp3) is 0.600. The summed E-state index contributed by atoms with van der Waals surface area (Å²) in [5.41, 5.74) is 3.85. The Morgan fingerprint density at radius 1 is 1.47 bits per heavy atom. The lowest BCUT2D eigenvalue weighted by Crippen LogP contribution is -2.35. The van der Waals surface area contributed by atoms with E-state index in [1.807, 2.05) is 6.07 Å². The third kappa shape index (κ3) is 3.56. The van der Waals surface area contributed by atoms with Crippen LogP contribution in [0.15, 0.2) is 22.7 Å². The SMILES string of the molecule is CCC1CCCC(C(NN)c2ccc(Br)c(F)c2)C1. The summed E-state index contributed by atoms with van der Waals surface area (Å²) >= 11 is 3.19. The number of hydrogen-bond acceptors (Lipinski definition) is 2. The second-order valence-corrected chi connectivity index (χ2v) is 6.37. The van der Waals surface area contributed by atoms with Crippen LogP contribution in [0.3, 0.4) is 0 Å². The lowest BCUT2D eigenvalue weighted by Gasteiger charge is -2.34. The number of nitrogens with two attached hydrogens (primary N) is 1. The first-order chi connectivity index (χ1) is 9.15. The molecule has 3 atom stereocenters. The van der Waals surface area contributed by atoms with E-state index in [1.54, 1.807) is 12.1 Å². The van der Waals surface area contributed by atoms with Crippen molar-refractivity contribution < 1.29 is 4.39 Å². The molecule has 0 aliphatic heterocycles. The maximum absolute atomic E-state index is 13.7. The minimum absolute atomic E-state index is 0.0527. The van der Waals surface area contributed by atoms with Crippen molar-refractivity contribution in [1.82, 2.24) is 5.43 Å². The van der Waals surface area contributed by atoms with Gasteiger partial charge < -0.3 is 0 Å². The zero-order chi connectivity index (χ0) is 13.8. The Labute approximate surface area is 123 Å². The van der Waals surface area contributed by atoms with E-state index in [9.17, 15) is 4.39 Å². The number of nitrogens with one attached hydrogen (secondary N) is 1. The summed E-state index contributed by atoms with van der Waals surface area (Å²) in [5.74, 6) is 6.80.